The van der Waals surface area contributed by atoms with Gasteiger partial charge in [-0.25, -0.2) is 0 Å². The zero-order valence-electron chi connectivity index (χ0n) is 10.6. The van der Waals surface area contributed by atoms with Crippen molar-refractivity contribution in [3.8, 4) is 6.07 Å². The van der Waals surface area contributed by atoms with Gasteiger partial charge in [-0.3, -0.25) is 0 Å². The molecule has 17 heavy (non-hydrogen) atoms. The molecular formula is C15H17NSn. The first kappa shape index (κ1) is 12.4. The summed E-state index contributed by atoms with van der Waals surface area (Å²) in [6.45, 7) is 0. The molecule has 0 saturated carbocycles. The minimum atomic E-state index is -2.12. The van der Waals surface area contributed by atoms with Crippen LogP contribution in [0.1, 0.15) is 5.56 Å². The predicted molar refractivity (Wildman–Crippen MR) is 76.2 cm³/mol. The molecule has 0 unspecified atom stereocenters. The molecule has 0 saturated heterocycles. The molecule has 0 N–H and O–H groups in total. The van der Waals surface area contributed by atoms with Gasteiger partial charge in [-0.15, -0.1) is 0 Å². The van der Waals surface area contributed by atoms with Crippen LogP contribution in [0.15, 0.2) is 36.4 Å². The number of benzene rings is 2. The van der Waals surface area contributed by atoms with Gasteiger partial charge in [-0.2, -0.15) is 0 Å². The Morgan fingerprint density at radius 2 is 1.71 bits per heavy atom. The van der Waals surface area contributed by atoms with Crippen LogP contribution in [-0.2, 0) is 6.42 Å². The van der Waals surface area contributed by atoms with Crippen molar-refractivity contribution in [3.05, 3.63) is 42.0 Å². The topological polar surface area (TPSA) is 23.8 Å². The van der Waals surface area contributed by atoms with Crippen LogP contribution in [-0.4, -0.2) is 18.4 Å². The molecule has 2 aromatic rings. The second kappa shape index (κ2) is 4.70. The Balaban J connectivity index is 2.81. The van der Waals surface area contributed by atoms with E-state index in [4.69, 9.17) is 5.26 Å². The van der Waals surface area contributed by atoms with Crippen LogP contribution in [0, 0.1) is 11.3 Å². The summed E-state index contributed by atoms with van der Waals surface area (Å²) in [5.41, 5.74) is 1.19. The van der Waals surface area contributed by atoms with Crippen molar-refractivity contribution in [2.24, 2.45) is 0 Å². The van der Waals surface area contributed by atoms with Crippen molar-refractivity contribution < 1.29 is 0 Å². The van der Waals surface area contributed by atoms with Crippen LogP contribution >= 0.6 is 0 Å². The molecule has 0 aromatic heterocycles. The van der Waals surface area contributed by atoms with Crippen molar-refractivity contribution in [1.82, 2.24) is 0 Å². The van der Waals surface area contributed by atoms with E-state index in [1.165, 1.54) is 19.9 Å². The molecule has 1 nitrogen and oxygen atoms in total. The first-order chi connectivity index (χ1) is 8.04. The third kappa shape index (κ3) is 2.47. The Kier molecular flexibility index (Phi) is 3.44. The second-order valence-corrected chi connectivity index (χ2v) is 19.8. The Hall–Kier alpha value is -1.01. The Morgan fingerprint density at radius 3 is 2.29 bits per heavy atom. The van der Waals surface area contributed by atoms with Gasteiger partial charge in [0, 0.05) is 0 Å². The molecule has 0 atom stereocenters. The van der Waals surface area contributed by atoms with E-state index in [0.29, 0.717) is 6.42 Å². The van der Waals surface area contributed by atoms with Crippen LogP contribution in [0.3, 0.4) is 0 Å². The third-order valence-electron chi connectivity index (χ3n) is 3.07. The fourth-order valence-corrected chi connectivity index (χ4v) is 6.99. The quantitative estimate of drug-likeness (QED) is 0.774. The normalized spacial score (nSPS) is 11.4. The fraction of sp³-hybridized carbons (Fsp3) is 0.267. The van der Waals surface area contributed by atoms with Crippen molar-refractivity contribution >= 4 is 32.7 Å². The van der Waals surface area contributed by atoms with E-state index >= 15 is 0 Å². The third-order valence-corrected chi connectivity index (χ3v) is 8.87. The fourth-order valence-electron chi connectivity index (χ4n) is 2.28. The van der Waals surface area contributed by atoms with Crippen molar-refractivity contribution in [2.75, 3.05) is 0 Å². The average molecular weight is 330 g/mol. The van der Waals surface area contributed by atoms with Gasteiger partial charge >= 0.3 is 107 Å². The number of nitriles is 1. The van der Waals surface area contributed by atoms with Crippen molar-refractivity contribution in [1.29, 1.82) is 5.26 Å². The predicted octanol–water partition coefficient (Wildman–Crippen LogP) is 3.45. The summed E-state index contributed by atoms with van der Waals surface area (Å²) < 4.78 is 1.53. The molecule has 0 amide bonds. The van der Waals surface area contributed by atoms with E-state index in [0.717, 1.165) is 0 Å². The van der Waals surface area contributed by atoms with Gasteiger partial charge < -0.3 is 0 Å². The Morgan fingerprint density at radius 1 is 1.06 bits per heavy atom. The maximum atomic E-state index is 8.94. The minimum absolute atomic E-state index is 0.510. The Labute approximate surface area is 107 Å². The molecule has 0 aliphatic rings. The average Bonchev–Trinajstić information content (AvgIpc) is 2.28. The first-order valence-corrected chi connectivity index (χ1v) is 15.9. The van der Waals surface area contributed by atoms with Gasteiger partial charge in [0.15, 0.2) is 0 Å². The summed E-state index contributed by atoms with van der Waals surface area (Å²) in [7, 11) is 0. The standard InChI is InChI=1S/C12H8N.3CH3.Sn/c13-9-8-11-6-3-5-10-4-1-2-7-12(10)11;;;;/h1-6H,8H2;3*1H3;. The summed E-state index contributed by atoms with van der Waals surface area (Å²) in [6.07, 6.45) is 0.510. The summed E-state index contributed by atoms with van der Waals surface area (Å²) in [5, 5.41) is 11.6. The number of rotatable bonds is 2. The molecule has 0 aliphatic heterocycles. The molecule has 2 aromatic carbocycles. The van der Waals surface area contributed by atoms with E-state index in [1.54, 1.807) is 0 Å². The number of nitrogens with zero attached hydrogens (tertiary/aromatic N) is 1. The Bertz CT molecular complexity index is 583. The van der Waals surface area contributed by atoms with Gasteiger partial charge in [0.1, 0.15) is 0 Å². The maximum absolute atomic E-state index is 8.94. The van der Waals surface area contributed by atoms with Crippen molar-refractivity contribution in [2.45, 2.75) is 21.2 Å². The molecule has 86 valence electrons. The first-order valence-electron chi connectivity index (χ1n) is 5.92. The van der Waals surface area contributed by atoms with Gasteiger partial charge in [0.25, 0.3) is 0 Å². The number of hydrogen-bond donors (Lipinski definition) is 0. The molecule has 0 spiro atoms. The monoisotopic (exact) mass is 331 g/mol. The van der Waals surface area contributed by atoms with Crippen molar-refractivity contribution in [3.63, 3.8) is 0 Å². The summed E-state index contributed by atoms with van der Waals surface area (Å²) >= 11 is -2.12. The summed E-state index contributed by atoms with van der Waals surface area (Å²) in [6, 6.07) is 15.1. The van der Waals surface area contributed by atoms with E-state index in [-0.39, 0.29) is 0 Å². The zero-order chi connectivity index (χ0) is 12.5. The van der Waals surface area contributed by atoms with E-state index < -0.39 is 18.4 Å². The van der Waals surface area contributed by atoms with E-state index in [2.05, 4.69) is 57.3 Å². The second-order valence-electron chi connectivity index (χ2n) is 5.41. The molecule has 2 rings (SSSR count). The van der Waals surface area contributed by atoms with E-state index in [9.17, 15) is 0 Å². The molecule has 0 radical (unpaired) electrons. The molecule has 0 heterocycles. The summed E-state index contributed by atoms with van der Waals surface area (Å²) in [4.78, 5) is 7.27. The van der Waals surface area contributed by atoms with Crippen LogP contribution in [0.25, 0.3) is 10.8 Å². The molecule has 0 fully saturated rings. The van der Waals surface area contributed by atoms with Crippen LogP contribution in [0.5, 0.6) is 0 Å². The molecule has 0 aliphatic carbocycles. The van der Waals surface area contributed by atoms with E-state index in [1.807, 2.05) is 0 Å². The molecule has 0 bridgehead atoms. The van der Waals surface area contributed by atoms with Gasteiger partial charge in [-0.1, -0.05) is 0 Å². The molecular weight excluding hydrogens is 313 g/mol. The van der Waals surface area contributed by atoms with Gasteiger partial charge in [0.2, 0.25) is 0 Å². The SMILES string of the molecule is [CH3][Sn]([CH3])([CH3])[c]1cccc2cccc(CC#N)c12. The van der Waals surface area contributed by atoms with Gasteiger partial charge in [-0.05, 0) is 0 Å². The number of fused-ring (bicyclic) bond motifs is 1. The molecule has 2 heteroatoms. The van der Waals surface area contributed by atoms with Crippen LogP contribution in [0.2, 0.25) is 14.8 Å². The zero-order valence-corrected chi connectivity index (χ0v) is 13.5. The number of hydrogen-bond acceptors (Lipinski definition) is 1. The van der Waals surface area contributed by atoms with Crippen LogP contribution in [0.4, 0.5) is 0 Å². The summed E-state index contributed by atoms with van der Waals surface area (Å²) in [5.74, 6) is 0. The van der Waals surface area contributed by atoms with Crippen LogP contribution < -0.4 is 3.58 Å². The van der Waals surface area contributed by atoms with Gasteiger partial charge in [0.05, 0.1) is 0 Å².